The number of aryl methyl sites for hydroxylation is 2. The molecule has 0 radical (unpaired) electrons. The third-order valence-corrected chi connectivity index (χ3v) is 30.9. The van der Waals surface area contributed by atoms with Crippen molar-refractivity contribution in [3.05, 3.63) is 381 Å². The summed E-state index contributed by atoms with van der Waals surface area (Å²) in [6, 6.07) is 85.2. The fraction of sp³-hybridized carbons (Fsp3) is 0.148. The van der Waals surface area contributed by atoms with Gasteiger partial charge in [0, 0.05) is 107 Å². The van der Waals surface area contributed by atoms with Crippen LogP contribution in [0.5, 0.6) is 0 Å². The number of alkyl halides is 11. The molecule has 0 fully saturated rings. The van der Waals surface area contributed by atoms with Crippen LogP contribution in [0.3, 0.4) is 0 Å². The van der Waals surface area contributed by atoms with Crippen LogP contribution in [0.25, 0.3) is 43.1 Å². The van der Waals surface area contributed by atoms with Gasteiger partial charge in [-0.25, -0.2) is 9.97 Å². The fourth-order valence-corrected chi connectivity index (χ4v) is 21.9. The Morgan fingerprint density at radius 2 is 0.835 bits per heavy atom. The van der Waals surface area contributed by atoms with E-state index in [0.29, 0.717) is 0 Å². The van der Waals surface area contributed by atoms with Crippen LogP contribution in [0, 0.1) is 6.92 Å². The summed E-state index contributed by atoms with van der Waals surface area (Å²) >= 11 is 78.5. The van der Waals surface area contributed by atoms with Gasteiger partial charge in [-0.3, -0.25) is 4.98 Å². The molecule has 0 amide bonds. The summed E-state index contributed by atoms with van der Waals surface area (Å²) in [5.41, 5.74) is 13.9. The molecule has 27 heteroatoms. The molecule has 604 valence electrons. The van der Waals surface area contributed by atoms with Crippen LogP contribution in [-0.4, -0.2) is 20.3 Å². The van der Waals surface area contributed by atoms with Crippen LogP contribution < -0.4 is 0 Å². The van der Waals surface area contributed by atoms with Crippen molar-refractivity contribution in [2.75, 3.05) is 5.33 Å². The second-order valence-electron chi connectivity index (χ2n) is 23.4. The third-order valence-electron chi connectivity index (χ3n) is 15.5. The number of aromatic nitrogens is 3. The lowest BCUT2D eigenvalue weighted by Gasteiger charge is -2.05. The standard InChI is InChI=1S/4C11H8Br2.2C8H8Br2.3C6H5Br2N.2C5H4Br2S/c12-7-8-3-1-5-10-9(8)4-2-6-11(10)13;12-7-8-5-6-11(13)10-4-2-1-3-9(8)10;12-7-9-6-5-8-3-1-2-4-10(8)11(9)13;12-7-10-9-4-2-1-3-8(9)5-6-11(10)13;1-6-4-8(10)3-2-7(6)5-9;9-6-5-7-1-3-8(10)4-2-7;7-4-6-3-5(8)1-2-9-6;7-3-5-1-2-6(8)9-4-5;7-4-5-2-1-3-6(8)9-5;6-2-4-1-5(7)8-3-4;6-3-4-1-2-5(7)8-4/h4*1-6H,7H2;2-4H,5H2,1H3;1-4H,5-6H2;1-3H,4H2;1-2,4H,3H2;1-3H,4H2;1,3H,2H2;1-2H,3H2. The first kappa shape index (κ1) is 106. The van der Waals surface area contributed by atoms with E-state index in [9.17, 15) is 0 Å². The molecule has 0 unspecified atom stereocenters. The molecule has 0 aliphatic carbocycles. The molecule has 0 aliphatic heterocycles. The van der Waals surface area contributed by atoms with Crippen molar-refractivity contribution in [1.29, 1.82) is 0 Å². The van der Waals surface area contributed by atoms with Crippen LogP contribution in [0.2, 0.25) is 0 Å². The van der Waals surface area contributed by atoms with E-state index in [1.165, 1.54) is 115 Å². The number of thiophene rings is 2. The number of hydrogen-bond donors (Lipinski definition) is 0. The molecule has 0 N–H and O–H groups in total. The molecular formula is C88H71Br22N3S2. The molecule has 0 bridgehead atoms. The Bertz CT molecular complexity index is 5190. The van der Waals surface area contributed by atoms with Crippen molar-refractivity contribution in [1.82, 2.24) is 15.0 Å². The average molecular weight is 2990 g/mol. The van der Waals surface area contributed by atoms with E-state index in [1.54, 1.807) is 28.9 Å². The van der Waals surface area contributed by atoms with E-state index in [-0.39, 0.29) is 0 Å². The molecular weight excluding hydrogens is 2920 g/mol. The maximum atomic E-state index is 4.16. The van der Waals surface area contributed by atoms with Gasteiger partial charge in [0.2, 0.25) is 0 Å². The molecule has 5 aromatic heterocycles. The van der Waals surface area contributed by atoms with Crippen LogP contribution in [-0.2, 0) is 59.7 Å². The molecule has 0 atom stereocenters. The molecule has 0 aliphatic rings. The normalized spacial score (nSPS) is 10.1. The highest BCUT2D eigenvalue weighted by Crippen LogP contribution is 2.33. The summed E-state index contributed by atoms with van der Waals surface area (Å²) in [5.74, 6) is 0. The van der Waals surface area contributed by atoms with Gasteiger partial charge < -0.3 is 0 Å². The van der Waals surface area contributed by atoms with Gasteiger partial charge in [-0.05, 0) is 283 Å². The molecule has 15 rings (SSSR count). The minimum atomic E-state index is 0.812. The lowest BCUT2D eigenvalue weighted by molar-refractivity contribution is 1.15. The zero-order chi connectivity index (χ0) is 84.0. The number of halogens is 22. The van der Waals surface area contributed by atoms with E-state index in [2.05, 4.69) is 584 Å². The zero-order valence-corrected chi connectivity index (χ0v) is 97.4. The molecule has 5 heterocycles. The van der Waals surface area contributed by atoms with Crippen LogP contribution in [0.1, 0.15) is 66.3 Å². The van der Waals surface area contributed by atoms with Gasteiger partial charge >= 0.3 is 0 Å². The maximum absolute atomic E-state index is 4.16. The Balaban J connectivity index is 0.000000227. The third kappa shape index (κ3) is 40.0. The predicted molar refractivity (Wildman–Crippen MR) is 583 cm³/mol. The summed E-state index contributed by atoms with van der Waals surface area (Å²) in [7, 11) is 0. The monoisotopic (exact) mass is 2970 g/mol. The molecule has 115 heavy (non-hydrogen) atoms. The van der Waals surface area contributed by atoms with Crippen LogP contribution >= 0.6 is 373 Å². The van der Waals surface area contributed by atoms with Crippen LogP contribution in [0.15, 0.2) is 315 Å². The number of hydrogen-bond acceptors (Lipinski definition) is 5. The van der Waals surface area contributed by atoms with Gasteiger partial charge in [-0.2, -0.15) is 0 Å². The van der Waals surface area contributed by atoms with Crippen molar-refractivity contribution >= 4 is 416 Å². The van der Waals surface area contributed by atoms with E-state index in [0.717, 1.165) is 108 Å². The first-order chi connectivity index (χ1) is 55.5. The smallest absolute Gasteiger partial charge is 0.106 e. The second-order valence-corrected chi connectivity index (χ2v) is 42.3. The lowest BCUT2D eigenvalue weighted by atomic mass is 10.1. The number of rotatable bonds is 12. The Morgan fingerprint density at radius 1 is 0.313 bits per heavy atom. The van der Waals surface area contributed by atoms with Crippen LogP contribution in [0.4, 0.5) is 0 Å². The van der Waals surface area contributed by atoms with Crippen molar-refractivity contribution < 1.29 is 0 Å². The van der Waals surface area contributed by atoms with Gasteiger partial charge in [0.15, 0.2) is 0 Å². The largest absolute Gasteiger partial charge is 0.260 e. The molecule has 3 nitrogen and oxygen atoms in total. The van der Waals surface area contributed by atoms with E-state index < -0.39 is 0 Å². The fourth-order valence-electron chi connectivity index (χ4n) is 9.66. The molecule has 0 spiro atoms. The van der Waals surface area contributed by atoms with E-state index >= 15 is 0 Å². The zero-order valence-electron chi connectivity index (χ0n) is 60.9. The Labute approximate surface area is 870 Å². The lowest BCUT2D eigenvalue weighted by Crippen LogP contribution is -1.83. The topological polar surface area (TPSA) is 38.7 Å². The first-order valence-electron chi connectivity index (χ1n) is 34.1. The first-order valence-corrected chi connectivity index (χ1v) is 56.9. The molecule has 0 saturated heterocycles. The van der Waals surface area contributed by atoms with Gasteiger partial charge in [0.1, 0.15) is 9.21 Å². The van der Waals surface area contributed by atoms with Gasteiger partial charge in [0.25, 0.3) is 0 Å². The maximum Gasteiger partial charge on any atom is 0.106 e. The van der Waals surface area contributed by atoms with Gasteiger partial charge in [-0.15, -0.1) is 22.7 Å². The van der Waals surface area contributed by atoms with Crippen molar-refractivity contribution in [3.63, 3.8) is 0 Å². The highest BCUT2D eigenvalue weighted by molar-refractivity contribution is 9.13. The highest BCUT2D eigenvalue weighted by atomic mass is 79.9. The molecule has 15 aromatic rings. The Kier molecular flexibility index (Phi) is 57.2. The average Bonchev–Trinajstić information content (AvgIpc) is 1.17. The summed E-state index contributed by atoms with van der Waals surface area (Å²) in [4.78, 5) is 13.6. The predicted octanol–water partition coefficient (Wildman–Crippen LogP) is 40.1. The SMILES string of the molecule is BrCCc1ccc(Br)cc1.BrCc1c(Br)ccc2ccccc12.BrCc1cc(Br)ccn1.BrCc1ccc(Br)c2ccccc12.BrCc1ccc(Br)nc1.BrCc1ccc(Br)s1.BrCc1ccc2ccccc2c1Br.BrCc1cccc(Br)n1.BrCc1cccc2c(Br)cccc12.BrCc1csc(Br)c1.Cc1cc(Br)ccc1CBr. The second kappa shape index (κ2) is 61.9. The Morgan fingerprint density at radius 3 is 1.35 bits per heavy atom. The minimum Gasteiger partial charge on any atom is -0.260 e. The molecule has 10 aromatic carbocycles. The van der Waals surface area contributed by atoms with E-state index in [1.807, 2.05) is 48.7 Å². The number of benzene rings is 10. The molecule has 0 saturated carbocycles. The van der Waals surface area contributed by atoms with Crippen molar-refractivity contribution in [3.8, 4) is 0 Å². The van der Waals surface area contributed by atoms with Gasteiger partial charge in [0.05, 0.1) is 19.0 Å². The highest BCUT2D eigenvalue weighted by Gasteiger charge is 2.07. The quantitative estimate of drug-likeness (QED) is 0.0904. The van der Waals surface area contributed by atoms with Gasteiger partial charge in [-0.1, -0.05) is 429 Å². The minimum absolute atomic E-state index is 0.812. The summed E-state index contributed by atoms with van der Waals surface area (Å²) in [6.07, 6.45) is 4.72. The van der Waals surface area contributed by atoms with Crippen molar-refractivity contribution in [2.24, 2.45) is 0 Å². The van der Waals surface area contributed by atoms with E-state index in [4.69, 9.17) is 0 Å². The number of nitrogens with zero attached hydrogens (tertiary/aromatic N) is 3. The summed E-state index contributed by atoms with van der Waals surface area (Å²) in [5, 5.41) is 22.4. The van der Waals surface area contributed by atoms with Crippen molar-refractivity contribution in [2.45, 2.75) is 66.6 Å². The number of fused-ring (bicyclic) bond motifs is 4. The Hall–Kier alpha value is 0.650. The summed E-state index contributed by atoms with van der Waals surface area (Å²) in [6.45, 7) is 2.11. The summed E-state index contributed by atoms with van der Waals surface area (Å²) < 4.78 is 12.2. The number of pyridine rings is 3.